The van der Waals surface area contributed by atoms with Crippen molar-refractivity contribution < 1.29 is 9.21 Å². The summed E-state index contributed by atoms with van der Waals surface area (Å²) in [6.45, 7) is 3.97. The van der Waals surface area contributed by atoms with Gasteiger partial charge in [-0.2, -0.15) is 0 Å². The maximum absolute atomic E-state index is 11.5. The van der Waals surface area contributed by atoms with E-state index in [4.69, 9.17) is 4.42 Å². The zero-order valence-corrected chi connectivity index (χ0v) is 10.3. The minimum Gasteiger partial charge on any atom is -0.464 e. The van der Waals surface area contributed by atoms with E-state index in [0.717, 1.165) is 22.6 Å². The predicted octanol–water partition coefficient (Wildman–Crippen LogP) is 3.32. The number of urea groups is 1. The first-order chi connectivity index (χ1) is 8.56. The van der Waals surface area contributed by atoms with Crippen LogP contribution in [0.25, 0.3) is 11.3 Å². The van der Waals surface area contributed by atoms with E-state index in [0.29, 0.717) is 0 Å². The maximum atomic E-state index is 11.5. The maximum Gasteiger partial charge on any atom is 0.319 e. The fourth-order valence-electron chi connectivity index (χ4n) is 2.27. The minimum atomic E-state index is -0.389. The normalized spacial score (nSPS) is 16.7. The number of hydrogen-bond donors (Lipinski definition) is 2. The lowest BCUT2D eigenvalue weighted by Gasteiger charge is -2.34. The summed E-state index contributed by atoms with van der Waals surface area (Å²) in [5.74, 6) is 0.825. The molecule has 0 unspecified atom stereocenters. The summed E-state index contributed by atoms with van der Waals surface area (Å²) in [6, 6.07) is 9.51. The molecule has 0 aliphatic carbocycles. The van der Waals surface area contributed by atoms with Crippen molar-refractivity contribution in [2.75, 3.05) is 5.32 Å². The van der Waals surface area contributed by atoms with Gasteiger partial charge in [-0.25, -0.2) is 4.79 Å². The molecule has 1 aromatic heterocycles. The summed E-state index contributed by atoms with van der Waals surface area (Å²) in [5, 5.41) is 5.71. The van der Waals surface area contributed by atoms with Crippen molar-refractivity contribution in [3.05, 3.63) is 42.2 Å². The molecule has 4 nitrogen and oxygen atoms in total. The van der Waals surface area contributed by atoms with Gasteiger partial charge in [0.1, 0.15) is 5.76 Å². The Balaban J connectivity index is 2.13. The lowest BCUT2D eigenvalue weighted by molar-refractivity contribution is 0.239. The molecule has 1 aliphatic heterocycles. The van der Waals surface area contributed by atoms with Crippen LogP contribution in [-0.2, 0) is 5.54 Å². The Morgan fingerprint density at radius 1 is 1.22 bits per heavy atom. The zero-order valence-electron chi connectivity index (χ0n) is 10.3. The Labute approximate surface area is 105 Å². The van der Waals surface area contributed by atoms with E-state index in [2.05, 4.69) is 10.6 Å². The van der Waals surface area contributed by atoms with E-state index >= 15 is 0 Å². The van der Waals surface area contributed by atoms with Crippen LogP contribution in [-0.4, -0.2) is 6.03 Å². The van der Waals surface area contributed by atoms with Gasteiger partial charge in [0.15, 0.2) is 0 Å². The van der Waals surface area contributed by atoms with Crippen molar-refractivity contribution in [1.82, 2.24) is 5.32 Å². The highest BCUT2D eigenvalue weighted by Crippen LogP contribution is 2.34. The molecule has 0 atom stereocenters. The van der Waals surface area contributed by atoms with Gasteiger partial charge in [0, 0.05) is 16.8 Å². The molecule has 0 saturated carbocycles. The van der Waals surface area contributed by atoms with Crippen molar-refractivity contribution in [1.29, 1.82) is 0 Å². The Hall–Kier alpha value is -2.23. The lowest BCUT2D eigenvalue weighted by atomic mass is 9.89. The molecule has 2 amide bonds. The summed E-state index contributed by atoms with van der Waals surface area (Å²) in [6.07, 6.45) is 1.65. The molecule has 1 aliphatic rings. The number of carbonyl (C=O) groups excluding carboxylic acids is 1. The second-order valence-electron chi connectivity index (χ2n) is 4.94. The SMILES string of the molecule is CC1(C)NC(=O)Nc2ccc(-c3ccco3)cc21. The molecule has 2 N–H and O–H groups in total. The minimum absolute atomic E-state index is 0.168. The molecule has 2 heterocycles. The Bertz CT molecular complexity index is 600. The van der Waals surface area contributed by atoms with Crippen LogP contribution in [0.2, 0.25) is 0 Å². The fraction of sp³-hybridized carbons (Fsp3) is 0.214. The number of fused-ring (bicyclic) bond motifs is 1. The summed E-state index contributed by atoms with van der Waals surface area (Å²) >= 11 is 0. The molecule has 2 aromatic rings. The van der Waals surface area contributed by atoms with Crippen molar-refractivity contribution >= 4 is 11.7 Å². The van der Waals surface area contributed by atoms with Crippen LogP contribution >= 0.6 is 0 Å². The quantitative estimate of drug-likeness (QED) is 0.806. The van der Waals surface area contributed by atoms with E-state index in [-0.39, 0.29) is 11.6 Å². The zero-order chi connectivity index (χ0) is 12.8. The first-order valence-corrected chi connectivity index (χ1v) is 5.84. The van der Waals surface area contributed by atoms with E-state index in [1.807, 2.05) is 44.2 Å². The van der Waals surface area contributed by atoms with E-state index < -0.39 is 0 Å². The molecule has 0 fully saturated rings. The van der Waals surface area contributed by atoms with Gasteiger partial charge in [-0.05, 0) is 44.2 Å². The molecule has 1 aromatic carbocycles. The Morgan fingerprint density at radius 2 is 2.06 bits per heavy atom. The molecule has 18 heavy (non-hydrogen) atoms. The van der Waals surface area contributed by atoms with Crippen LogP contribution in [0.1, 0.15) is 19.4 Å². The Kier molecular flexibility index (Phi) is 2.20. The number of amides is 2. The average Bonchev–Trinajstić information content (AvgIpc) is 2.81. The largest absolute Gasteiger partial charge is 0.464 e. The third-order valence-electron chi connectivity index (χ3n) is 3.17. The molecule has 0 bridgehead atoms. The van der Waals surface area contributed by atoms with Crippen molar-refractivity contribution in [3.63, 3.8) is 0 Å². The Morgan fingerprint density at radius 3 is 2.78 bits per heavy atom. The van der Waals surface area contributed by atoms with Crippen molar-refractivity contribution in [3.8, 4) is 11.3 Å². The smallest absolute Gasteiger partial charge is 0.319 e. The van der Waals surface area contributed by atoms with E-state index in [1.54, 1.807) is 6.26 Å². The summed E-state index contributed by atoms with van der Waals surface area (Å²) < 4.78 is 5.39. The monoisotopic (exact) mass is 242 g/mol. The molecule has 0 spiro atoms. The number of hydrogen-bond acceptors (Lipinski definition) is 2. The highest BCUT2D eigenvalue weighted by atomic mass is 16.3. The van der Waals surface area contributed by atoms with Crippen LogP contribution in [0.3, 0.4) is 0 Å². The molecule has 4 heteroatoms. The van der Waals surface area contributed by atoms with Gasteiger partial charge in [0.2, 0.25) is 0 Å². The van der Waals surface area contributed by atoms with Gasteiger partial charge < -0.3 is 15.1 Å². The van der Waals surface area contributed by atoms with Gasteiger partial charge in [0.05, 0.1) is 11.8 Å². The van der Waals surface area contributed by atoms with Gasteiger partial charge in [0.25, 0.3) is 0 Å². The second kappa shape index (κ2) is 3.63. The van der Waals surface area contributed by atoms with Gasteiger partial charge in [-0.15, -0.1) is 0 Å². The van der Waals surface area contributed by atoms with Crippen LogP contribution in [0.15, 0.2) is 41.0 Å². The summed E-state index contributed by atoms with van der Waals surface area (Å²) in [4.78, 5) is 11.5. The first kappa shape index (κ1) is 10.9. The summed E-state index contributed by atoms with van der Waals surface area (Å²) in [7, 11) is 0. The standard InChI is InChI=1S/C14H14N2O2/c1-14(2)10-8-9(12-4-3-7-18-12)5-6-11(10)15-13(17)16-14/h3-8H,1-2H3,(H2,15,16,17). The predicted molar refractivity (Wildman–Crippen MR) is 69.3 cm³/mol. The van der Waals surface area contributed by atoms with E-state index in [9.17, 15) is 4.79 Å². The van der Waals surface area contributed by atoms with Crippen LogP contribution in [0, 0.1) is 0 Å². The van der Waals surface area contributed by atoms with Gasteiger partial charge in [-0.3, -0.25) is 0 Å². The second-order valence-corrected chi connectivity index (χ2v) is 4.94. The van der Waals surface area contributed by atoms with Crippen molar-refractivity contribution in [2.24, 2.45) is 0 Å². The molecular weight excluding hydrogens is 228 g/mol. The molecule has 3 rings (SSSR count). The number of benzene rings is 1. The average molecular weight is 242 g/mol. The van der Waals surface area contributed by atoms with Gasteiger partial charge in [-0.1, -0.05) is 0 Å². The third-order valence-corrected chi connectivity index (χ3v) is 3.17. The first-order valence-electron chi connectivity index (χ1n) is 5.84. The van der Waals surface area contributed by atoms with Crippen molar-refractivity contribution in [2.45, 2.75) is 19.4 Å². The number of nitrogens with one attached hydrogen (secondary N) is 2. The lowest BCUT2D eigenvalue weighted by Crippen LogP contribution is -2.47. The molecule has 0 radical (unpaired) electrons. The molecule has 92 valence electrons. The highest BCUT2D eigenvalue weighted by Gasteiger charge is 2.31. The van der Waals surface area contributed by atoms with Crippen LogP contribution in [0.5, 0.6) is 0 Å². The number of furan rings is 1. The molecular formula is C14H14N2O2. The number of carbonyl (C=O) groups is 1. The number of anilines is 1. The van der Waals surface area contributed by atoms with Crippen LogP contribution in [0.4, 0.5) is 10.5 Å². The van der Waals surface area contributed by atoms with E-state index in [1.165, 1.54) is 0 Å². The fourth-order valence-corrected chi connectivity index (χ4v) is 2.27. The highest BCUT2D eigenvalue weighted by molar-refractivity contribution is 5.94. The number of rotatable bonds is 1. The third kappa shape index (κ3) is 1.66. The summed E-state index contributed by atoms with van der Waals surface area (Å²) in [5.41, 5.74) is 2.51. The topological polar surface area (TPSA) is 54.3 Å². The van der Waals surface area contributed by atoms with Gasteiger partial charge >= 0.3 is 6.03 Å². The molecule has 0 saturated heterocycles. The van der Waals surface area contributed by atoms with Crippen LogP contribution < -0.4 is 10.6 Å².